The monoisotopic (exact) mass is 238 g/mol. The van der Waals surface area contributed by atoms with E-state index in [1.54, 1.807) is 25.3 Å². The van der Waals surface area contributed by atoms with E-state index < -0.39 is 0 Å². The van der Waals surface area contributed by atoms with Crippen LogP contribution < -0.4 is 20.5 Å². The van der Waals surface area contributed by atoms with Gasteiger partial charge in [-0.3, -0.25) is 4.79 Å². The van der Waals surface area contributed by atoms with Crippen LogP contribution in [0.4, 0.5) is 0 Å². The number of nitrogens with one attached hydrogen (secondary N) is 1. The predicted octanol–water partition coefficient (Wildman–Crippen LogP) is 0.781. The quantitative estimate of drug-likeness (QED) is 0.795. The summed E-state index contributed by atoms with van der Waals surface area (Å²) in [6.07, 6.45) is 0. The maximum Gasteiger partial charge on any atom is 0.255 e. The van der Waals surface area contributed by atoms with Crippen LogP contribution in [0.3, 0.4) is 0 Å². The number of methoxy groups -OCH3 is 2. The van der Waals surface area contributed by atoms with E-state index >= 15 is 0 Å². The third-order valence-electron chi connectivity index (χ3n) is 2.38. The summed E-state index contributed by atoms with van der Waals surface area (Å²) in [5.74, 6) is 0.891. The van der Waals surface area contributed by atoms with Gasteiger partial charge in [-0.05, 0) is 25.1 Å². The van der Waals surface area contributed by atoms with Gasteiger partial charge in [0.1, 0.15) is 11.5 Å². The molecule has 1 unspecified atom stereocenters. The van der Waals surface area contributed by atoms with Gasteiger partial charge in [-0.1, -0.05) is 0 Å². The van der Waals surface area contributed by atoms with E-state index in [1.165, 1.54) is 7.11 Å². The Kier molecular flexibility index (Phi) is 4.78. The molecule has 0 aliphatic carbocycles. The molecule has 0 aliphatic rings. The summed E-state index contributed by atoms with van der Waals surface area (Å²) in [7, 11) is 3.07. The highest BCUT2D eigenvalue weighted by molar-refractivity contribution is 5.97. The summed E-state index contributed by atoms with van der Waals surface area (Å²) in [6, 6.07) is 4.98. The Morgan fingerprint density at radius 3 is 2.65 bits per heavy atom. The Morgan fingerprint density at radius 1 is 1.41 bits per heavy atom. The Bertz CT molecular complexity index is 393. The molecule has 5 nitrogen and oxygen atoms in total. The largest absolute Gasteiger partial charge is 0.497 e. The third-order valence-corrected chi connectivity index (χ3v) is 2.38. The van der Waals surface area contributed by atoms with Crippen molar-refractivity contribution in [2.75, 3.05) is 20.8 Å². The minimum Gasteiger partial charge on any atom is -0.497 e. The molecule has 94 valence electrons. The fourth-order valence-electron chi connectivity index (χ4n) is 1.35. The van der Waals surface area contributed by atoms with Gasteiger partial charge in [-0.15, -0.1) is 0 Å². The summed E-state index contributed by atoms with van der Waals surface area (Å²) < 4.78 is 10.2. The number of ether oxygens (including phenoxy) is 2. The molecule has 0 radical (unpaired) electrons. The molecule has 1 aromatic carbocycles. The van der Waals surface area contributed by atoms with Crippen LogP contribution in [-0.2, 0) is 0 Å². The van der Waals surface area contributed by atoms with Crippen molar-refractivity contribution >= 4 is 5.91 Å². The lowest BCUT2D eigenvalue weighted by molar-refractivity contribution is 0.0938. The normalized spacial score (nSPS) is 11.8. The fraction of sp³-hybridized carbons (Fsp3) is 0.417. The van der Waals surface area contributed by atoms with Crippen LogP contribution in [0.2, 0.25) is 0 Å². The third kappa shape index (κ3) is 3.35. The van der Waals surface area contributed by atoms with Crippen molar-refractivity contribution < 1.29 is 14.3 Å². The van der Waals surface area contributed by atoms with Crippen molar-refractivity contribution in [2.24, 2.45) is 5.73 Å². The van der Waals surface area contributed by atoms with Gasteiger partial charge in [-0.25, -0.2) is 0 Å². The Balaban J connectivity index is 2.97. The second-order valence-electron chi connectivity index (χ2n) is 3.68. The Hall–Kier alpha value is -1.75. The van der Waals surface area contributed by atoms with Crippen molar-refractivity contribution in [3.05, 3.63) is 23.8 Å². The molecule has 0 aromatic heterocycles. The zero-order valence-corrected chi connectivity index (χ0v) is 10.3. The number of nitrogens with two attached hydrogens (primary N) is 1. The van der Waals surface area contributed by atoms with Gasteiger partial charge in [0.2, 0.25) is 0 Å². The molecule has 0 heterocycles. The summed E-state index contributed by atoms with van der Waals surface area (Å²) in [6.45, 7) is 2.22. The van der Waals surface area contributed by atoms with Gasteiger partial charge in [-0.2, -0.15) is 0 Å². The average molecular weight is 238 g/mol. The van der Waals surface area contributed by atoms with Gasteiger partial charge in [0.25, 0.3) is 5.91 Å². The first-order valence-corrected chi connectivity index (χ1v) is 5.35. The zero-order valence-electron chi connectivity index (χ0n) is 10.3. The Morgan fingerprint density at radius 2 is 2.12 bits per heavy atom. The van der Waals surface area contributed by atoms with Gasteiger partial charge in [0.15, 0.2) is 0 Å². The SMILES string of the molecule is COc1ccc(OC)c(C(=O)NC(C)CN)c1. The van der Waals surface area contributed by atoms with E-state index in [9.17, 15) is 4.79 Å². The average Bonchev–Trinajstić information content (AvgIpc) is 2.37. The molecule has 0 spiro atoms. The van der Waals surface area contributed by atoms with Gasteiger partial charge >= 0.3 is 0 Å². The molecule has 1 amide bonds. The standard InChI is InChI=1S/C12H18N2O3/c1-8(7-13)14-12(15)10-6-9(16-2)4-5-11(10)17-3/h4-6,8H,7,13H2,1-3H3,(H,14,15). The Labute approximate surface area is 101 Å². The first-order chi connectivity index (χ1) is 8.12. The van der Waals surface area contributed by atoms with Crippen LogP contribution in [0.25, 0.3) is 0 Å². The lowest BCUT2D eigenvalue weighted by Gasteiger charge is -2.14. The second kappa shape index (κ2) is 6.10. The lowest BCUT2D eigenvalue weighted by Crippen LogP contribution is -2.37. The van der Waals surface area contributed by atoms with Gasteiger partial charge in [0, 0.05) is 12.6 Å². The topological polar surface area (TPSA) is 73.6 Å². The molecule has 0 saturated carbocycles. The number of amides is 1. The van der Waals surface area contributed by atoms with Crippen LogP contribution in [-0.4, -0.2) is 32.7 Å². The molecular formula is C12H18N2O3. The van der Waals surface area contributed by atoms with Crippen LogP contribution in [0.15, 0.2) is 18.2 Å². The van der Waals surface area contributed by atoms with Crippen LogP contribution in [0, 0.1) is 0 Å². The van der Waals surface area contributed by atoms with Gasteiger partial charge in [0.05, 0.1) is 19.8 Å². The van der Waals surface area contributed by atoms with Crippen LogP contribution >= 0.6 is 0 Å². The predicted molar refractivity (Wildman–Crippen MR) is 65.5 cm³/mol. The molecule has 0 bridgehead atoms. The molecule has 3 N–H and O–H groups in total. The van der Waals surface area contributed by atoms with E-state index in [1.807, 2.05) is 6.92 Å². The number of hydrogen-bond donors (Lipinski definition) is 2. The van der Waals surface area contributed by atoms with Crippen molar-refractivity contribution in [3.63, 3.8) is 0 Å². The van der Waals surface area contributed by atoms with E-state index in [0.29, 0.717) is 23.6 Å². The van der Waals surface area contributed by atoms with E-state index in [0.717, 1.165) is 0 Å². The van der Waals surface area contributed by atoms with Crippen LogP contribution in [0.5, 0.6) is 11.5 Å². The highest BCUT2D eigenvalue weighted by Gasteiger charge is 2.14. The summed E-state index contributed by atoms with van der Waals surface area (Å²) in [5, 5.41) is 2.77. The number of rotatable bonds is 5. The molecule has 0 saturated heterocycles. The minimum atomic E-state index is -0.223. The maximum atomic E-state index is 12.0. The minimum absolute atomic E-state index is 0.0848. The zero-order chi connectivity index (χ0) is 12.8. The molecule has 1 atom stereocenters. The summed E-state index contributed by atoms with van der Waals surface area (Å²) in [5.41, 5.74) is 5.89. The molecule has 1 aromatic rings. The molecule has 0 aliphatic heterocycles. The smallest absolute Gasteiger partial charge is 0.255 e. The first-order valence-electron chi connectivity index (χ1n) is 5.35. The fourth-order valence-corrected chi connectivity index (χ4v) is 1.35. The van der Waals surface area contributed by atoms with Crippen molar-refractivity contribution in [3.8, 4) is 11.5 Å². The summed E-state index contributed by atoms with van der Waals surface area (Å²) in [4.78, 5) is 12.0. The highest BCUT2D eigenvalue weighted by atomic mass is 16.5. The van der Waals surface area contributed by atoms with E-state index in [2.05, 4.69) is 5.32 Å². The molecule has 17 heavy (non-hydrogen) atoms. The number of hydrogen-bond acceptors (Lipinski definition) is 4. The number of carbonyl (C=O) groups excluding carboxylic acids is 1. The van der Waals surface area contributed by atoms with E-state index in [4.69, 9.17) is 15.2 Å². The highest BCUT2D eigenvalue weighted by Crippen LogP contribution is 2.23. The maximum absolute atomic E-state index is 12.0. The van der Waals surface area contributed by atoms with E-state index in [-0.39, 0.29) is 11.9 Å². The first kappa shape index (κ1) is 13.3. The molecule has 0 fully saturated rings. The van der Waals surface area contributed by atoms with Crippen molar-refractivity contribution in [1.29, 1.82) is 0 Å². The molecule has 1 rings (SSSR count). The second-order valence-corrected chi connectivity index (χ2v) is 3.68. The van der Waals surface area contributed by atoms with Crippen molar-refractivity contribution in [2.45, 2.75) is 13.0 Å². The molecular weight excluding hydrogens is 220 g/mol. The molecule has 5 heteroatoms. The van der Waals surface area contributed by atoms with Gasteiger partial charge < -0.3 is 20.5 Å². The summed E-state index contributed by atoms with van der Waals surface area (Å²) >= 11 is 0. The number of benzene rings is 1. The van der Waals surface area contributed by atoms with Crippen molar-refractivity contribution in [1.82, 2.24) is 5.32 Å². The van der Waals surface area contributed by atoms with Crippen LogP contribution in [0.1, 0.15) is 17.3 Å². The lowest BCUT2D eigenvalue weighted by atomic mass is 10.1. The number of carbonyl (C=O) groups is 1.